The Morgan fingerprint density at radius 1 is 1.45 bits per heavy atom. The number of nitrogens with zero attached hydrogens (tertiary/aromatic N) is 1. The van der Waals surface area contributed by atoms with Gasteiger partial charge in [0.25, 0.3) is 0 Å². The number of benzene rings is 1. The van der Waals surface area contributed by atoms with Gasteiger partial charge in [0.05, 0.1) is 6.10 Å². The zero-order valence-corrected chi connectivity index (χ0v) is 12.2. The summed E-state index contributed by atoms with van der Waals surface area (Å²) in [7, 11) is 0. The summed E-state index contributed by atoms with van der Waals surface area (Å²) in [5.41, 5.74) is 7.73. The number of aryl methyl sites for hydroxylation is 1. The Bertz CT molecular complexity index is 446. The van der Waals surface area contributed by atoms with Crippen molar-refractivity contribution in [2.45, 2.75) is 38.7 Å². The molecule has 0 bridgehead atoms. The van der Waals surface area contributed by atoms with E-state index in [-0.39, 0.29) is 12.0 Å². The zero-order valence-electron chi connectivity index (χ0n) is 12.2. The first-order valence-corrected chi connectivity index (χ1v) is 7.43. The maximum Gasteiger partial charge on any atom is 0.222 e. The highest BCUT2D eigenvalue weighted by molar-refractivity contribution is 5.76. The molecule has 1 heterocycles. The number of nitrogen functional groups attached to an aromatic ring is 1. The third-order valence-electron chi connectivity index (χ3n) is 3.80. The Hall–Kier alpha value is -1.55. The van der Waals surface area contributed by atoms with Gasteiger partial charge in [-0.25, -0.2) is 0 Å². The van der Waals surface area contributed by atoms with Gasteiger partial charge in [0, 0.05) is 31.8 Å². The fourth-order valence-electron chi connectivity index (χ4n) is 2.70. The van der Waals surface area contributed by atoms with Crippen molar-refractivity contribution >= 4 is 11.6 Å². The summed E-state index contributed by atoms with van der Waals surface area (Å²) >= 11 is 0. The first-order chi connectivity index (χ1) is 9.70. The fourth-order valence-corrected chi connectivity index (χ4v) is 2.70. The molecule has 1 fully saturated rings. The van der Waals surface area contributed by atoms with E-state index in [4.69, 9.17) is 10.5 Å². The van der Waals surface area contributed by atoms with E-state index in [1.54, 1.807) is 0 Å². The number of ether oxygens (including phenoxy) is 1. The fraction of sp³-hybridized carbons (Fsp3) is 0.562. The number of piperidine rings is 1. The highest BCUT2D eigenvalue weighted by Gasteiger charge is 2.23. The van der Waals surface area contributed by atoms with Crippen molar-refractivity contribution in [2.75, 3.05) is 25.4 Å². The highest BCUT2D eigenvalue weighted by atomic mass is 16.5. The number of carbonyl (C=O) groups is 1. The molecule has 1 saturated heterocycles. The monoisotopic (exact) mass is 276 g/mol. The minimum atomic E-state index is 0.206. The van der Waals surface area contributed by atoms with E-state index in [2.05, 4.69) is 0 Å². The van der Waals surface area contributed by atoms with Crippen molar-refractivity contribution in [3.05, 3.63) is 29.8 Å². The van der Waals surface area contributed by atoms with Crippen LogP contribution in [0, 0.1) is 0 Å². The van der Waals surface area contributed by atoms with Gasteiger partial charge in [0.2, 0.25) is 5.91 Å². The smallest absolute Gasteiger partial charge is 0.222 e. The van der Waals surface area contributed by atoms with Crippen molar-refractivity contribution in [1.82, 2.24) is 4.90 Å². The van der Waals surface area contributed by atoms with Crippen molar-refractivity contribution < 1.29 is 9.53 Å². The molecule has 4 nitrogen and oxygen atoms in total. The molecule has 1 aromatic carbocycles. The molecule has 110 valence electrons. The van der Waals surface area contributed by atoms with E-state index < -0.39 is 0 Å². The van der Waals surface area contributed by atoms with Crippen LogP contribution < -0.4 is 5.73 Å². The van der Waals surface area contributed by atoms with Gasteiger partial charge < -0.3 is 15.4 Å². The largest absolute Gasteiger partial charge is 0.399 e. The normalized spacial score (nSPS) is 19.1. The second kappa shape index (κ2) is 7.29. The predicted octanol–water partition coefficient (Wildman–Crippen LogP) is 2.23. The molecule has 1 aliphatic rings. The third kappa shape index (κ3) is 3.97. The van der Waals surface area contributed by atoms with Crippen LogP contribution in [-0.2, 0) is 16.0 Å². The number of amides is 1. The summed E-state index contributed by atoms with van der Waals surface area (Å²) in [4.78, 5) is 14.2. The van der Waals surface area contributed by atoms with Gasteiger partial charge in [-0.15, -0.1) is 0 Å². The van der Waals surface area contributed by atoms with E-state index >= 15 is 0 Å². The molecule has 0 aliphatic carbocycles. The first-order valence-electron chi connectivity index (χ1n) is 7.43. The molecular weight excluding hydrogens is 252 g/mol. The molecule has 1 aliphatic heterocycles. The Labute approximate surface area is 120 Å². The van der Waals surface area contributed by atoms with Crippen molar-refractivity contribution in [2.24, 2.45) is 0 Å². The molecule has 0 radical (unpaired) electrons. The Balaban J connectivity index is 1.84. The van der Waals surface area contributed by atoms with Gasteiger partial charge in [-0.05, 0) is 37.8 Å². The number of carbonyl (C=O) groups excluding carboxylic acids is 1. The van der Waals surface area contributed by atoms with Crippen LogP contribution in [0.1, 0.15) is 31.7 Å². The van der Waals surface area contributed by atoms with Crippen molar-refractivity contribution in [1.29, 1.82) is 0 Å². The van der Waals surface area contributed by atoms with Gasteiger partial charge >= 0.3 is 0 Å². The van der Waals surface area contributed by atoms with Crippen LogP contribution in [0.4, 0.5) is 5.69 Å². The molecule has 0 aromatic heterocycles. The molecule has 1 atom stereocenters. The summed E-state index contributed by atoms with van der Waals surface area (Å²) in [6.07, 6.45) is 3.53. The first kappa shape index (κ1) is 14.9. The summed E-state index contributed by atoms with van der Waals surface area (Å²) in [5.74, 6) is 0.206. The molecule has 2 N–H and O–H groups in total. The highest BCUT2D eigenvalue weighted by Crippen LogP contribution is 2.17. The third-order valence-corrected chi connectivity index (χ3v) is 3.80. The molecule has 2 rings (SSSR count). The summed E-state index contributed by atoms with van der Waals surface area (Å²) in [5, 5.41) is 0. The Kier molecular flexibility index (Phi) is 5.41. The van der Waals surface area contributed by atoms with Crippen LogP contribution in [0.5, 0.6) is 0 Å². The topological polar surface area (TPSA) is 55.6 Å². The van der Waals surface area contributed by atoms with E-state index in [0.717, 1.165) is 37.2 Å². The summed E-state index contributed by atoms with van der Waals surface area (Å²) < 4.78 is 5.63. The summed E-state index contributed by atoms with van der Waals surface area (Å²) in [6, 6.07) is 7.74. The van der Waals surface area contributed by atoms with Crippen molar-refractivity contribution in [3.63, 3.8) is 0 Å². The number of nitrogens with two attached hydrogens (primary N) is 1. The molecule has 1 aromatic rings. The van der Waals surface area contributed by atoms with Crippen LogP contribution in [0.15, 0.2) is 24.3 Å². The lowest BCUT2D eigenvalue weighted by Gasteiger charge is -2.32. The lowest BCUT2D eigenvalue weighted by atomic mass is 10.0. The average Bonchev–Trinajstić information content (AvgIpc) is 2.47. The van der Waals surface area contributed by atoms with Crippen molar-refractivity contribution in [3.8, 4) is 0 Å². The Morgan fingerprint density at radius 2 is 2.25 bits per heavy atom. The SMILES string of the molecule is CCOC1CCCN(C(=O)CCc2ccccc2N)C1. The molecule has 20 heavy (non-hydrogen) atoms. The minimum absolute atomic E-state index is 0.206. The quantitative estimate of drug-likeness (QED) is 0.839. The number of hydrogen-bond acceptors (Lipinski definition) is 3. The predicted molar refractivity (Wildman–Crippen MR) is 80.4 cm³/mol. The van der Waals surface area contributed by atoms with Gasteiger partial charge in [0.1, 0.15) is 0 Å². The second-order valence-corrected chi connectivity index (χ2v) is 5.26. The van der Waals surface area contributed by atoms with E-state index in [1.807, 2.05) is 36.1 Å². The average molecular weight is 276 g/mol. The second-order valence-electron chi connectivity index (χ2n) is 5.26. The number of likely N-dealkylation sites (tertiary alicyclic amines) is 1. The minimum Gasteiger partial charge on any atom is -0.399 e. The van der Waals surface area contributed by atoms with Crippen LogP contribution in [0.2, 0.25) is 0 Å². The van der Waals surface area contributed by atoms with Gasteiger partial charge in [0.15, 0.2) is 0 Å². The van der Waals surface area contributed by atoms with Gasteiger partial charge in [-0.2, -0.15) is 0 Å². The molecule has 0 saturated carbocycles. The maximum atomic E-state index is 12.3. The number of rotatable bonds is 5. The van der Waals surface area contributed by atoms with Gasteiger partial charge in [-0.1, -0.05) is 18.2 Å². The maximum absolute atomic E-state index is 12.3. The molecule has 4 heteroatoms. The lowest BCUT2D eigenvalue weighted by Crippen LogP contribution is -2.43. The van der Waals surface area contributed by atoms with E-state index in [0.29, 0.717) is 19.4 Å². The molecule has 1 unspecified atom stereocenters. The number of anilines is 1. The molecule has 0 spiro atoms. The van der Waals surface area contributed by atoms with Gasteiger partial charge in [-0.3, -0.25) is 4.79 Å². The van der Waals surface area contributed by atoms with Crippen LogP contribution in [0.3, 0.4) is 0 Å². The van der Waals surface area contributed by atoms with Crippen LogP contribution in [-0.4, -0.2) is 36.6 Å². The molecular formula is C16H24N2O2. The Morgan fingerprint density at radius 3 is 3.00 bits per heavy atom. The van der Waals surface area contributed by atoms with Crippen LogP contribution >= 0.6 is 0 Å². The number of para-hydroxylation sites is 1. The standard InChI is InChI=1S/C16H24N2O2/c1-2-20-14-7-5-11-18(12-14)16(19)10-9-13-6-3-4-8-15(13)17/h3-4,6,8,14H,2,5,7,9-12,17H2,1H3. The molecule has 1 amide bonds. The van der Waals surface area contributed by atoms with Crippen LogP contribution in [0.25, 0.3) is 0 Å². The zero-order chi connectivity index (χ0) is 14.4. The lowest BCUT2D eigenvalue weighted by molar-refractivity contribution is -0.135. The van der Waals surface area contributed by atoms with E-state index in [1.165, 1.54) is 0 Å². The number of hydrogen-bond donors (Lipinski definition) is 1. The van der Waals surface area contributed by atoms with E-state index in [9.17, 15) is 4.79 Å². The summed E-state index contributed by atoms with van der Waals surface area (Å²) in [6.45, 7) is 4.30.